The van der Waals surface area contributed by atoms with Crippen LogP contribution >= 0.6 is 0 Å². The highest BCUT2D eigenvalue weighted by Gasteiger charge is 2.51. The van der Waals surface area contributed by atoms with E-state index >= 15 is 0 Å². The van der Waals surface area contributed by atoms with Gasteiger partial charge in [0.25, 0.3) is 0 Å². The van der Waals surface area contributed by atoms with Crippen LogP contribution in [0.15, 0.2) is 227 Å². The third-order valence-electron chi connectivity index (χ3n) is 25.5. The average molecular weight is 1290 g/mol. The predicted octanol–water partition coefficient (Wildman–Crippen LogP) is 26.3. The Kier molecular flexibility index (Phi) is 11.2. The van der Waals surface area contributed by atoms with Crippen molar-refractivity contribution in [2.24, 2.45) is 0 Å². The van der Waals surface area contributed by atoms with Crippen LogP contribution in [0.5, 0.6) is 0 Å². The summed E-state index contributed by atoms with van der Waals surface area (Å²) in [5, 5.41) is 4.68. The van der Waals surface area contributed by atoms with E-state index in [1.807, 2.05) is 0 Å². The minimum Gasteiger partial charge on any atom is -0.455 e. The van der Waals surface area contributed by atoms with Crippen LogP contribution in [0.1, 0.15) is 153 Å². The molecule has 0 N–H and O–H groups in total. The fraction of sp³-hybridized carbons (Fsp3) is 0.196. The molecule has 6 aliphatic rings. The van der Waals surface area contributed by atoms with Crippen LogP contribution in [-0.2, 0) is 33.5 Å². The summed E-state index contributed by atoms with van der Waals surface area (Å²) in [6.45, 7) is 31.3. The van der Waals surface area contributed by atoms with E-state index in [4.69, 9.17) is 8.83 Å². The van der Waals surface area contributed by atoms with E-state index in [-0.39, 0.29) is 21.7 Å². The summed E-state index contributed by atoms with van der Waals surface area (Å²) in [6.07, 6.45) is 0.935. The topological polar surface area (TPSA) is 29.5 Å². The van der Waals surface area contributed by atoms with Crippen molar-refractivity contribution in [1.29, 1.82) is 0 Å². The maximum Gasteiger partial charge on any atom is 0.143 e. The summed E-state index contributed by atoms with van der Waals surface area (Å²) in [6, 6.07) is 84.0. The Hall–Kier alpha value is -10.7. The summed E-state index contributed by atoms with van der Waals surface area (Å²) in [5.41, 5.74) is 46.9. The molecule has 0 amide bonds. The fourth-order valence-electron chi connectivity index (χ4n) is 20.9. The third kappa shape index (κ3) is 7.20. The Balaban J connectivity index is 0.787. The van der Waals surface area contributed by atoms with Gasteiger partial charge in [-0.3, -0.25) is 0 Å². The van der Waals surface area contributed by atoms with E-state index in [1.54, 1.807) is 0 Å². The second-order valence-electron chi connectivity index (χ2n) is 32.8. The Morgan fingerprint density at radius 2 is 0.720 bits per heavy atom. The molecule has 0 unspecified atom stereocenters. The number of para-hydroxylation sites is 2. The number of anilines is 3. The highest BCUT2D eigenvalue weighted by Crippen LogP contribution is 2.67. The fourth-order valence-corrected chi connectivity index (χ4v) is 20.9. The van der Waals surface area contributed by atoms with E-state index in [2.05, 4.69) is 313 Å². The molecular formula is C97H77NO2. The lowest BCUT2D eigenvalue weighted by Gasteiger charge is -2.33. The van der Waals surface area contributed by atoms with Gasteiger partial charge in [0.2, 0.25) is 0 Å². The van der Waals surface area contributed by atoms with Gasteiger partial charge in [-0.15, -0.1) is 0 Å². The lowest BCUT2D eigenvalue weighted by atomic mass is 9.71. The van der Waals surface area contributed by atoms with E-state index in [0.717, 1.165) is 67.7 Å². The molecule has 3 heteroatoms. The monoisotopic (exact) mass is 1290 g/mol. The molecule has 2 heterocycles. The van der Waals surface area contributed by atoms with Gasteiger partial charge in [-0.25, -0.2) is 0 Å². The van der Waals surface area contributed by atoms with E-state index < -0.39 is 5.41 Å². The summed E-state index contributed by atoms with van der Waals surface area (Å²) in [5.74, 6) is 0. The molecular weight excluding hydrogens is 1210 g/mol. The highest BCUT2D eigenvalue weighted by atomic mass is 16.3. The SMILES string of the molecule is Cc1cc(C)c(-c2cc3c(c4c2oc2ccccc24)-c2ccc(N(c4ccc5c(c4)C(C)(C)c4cc(-c6ccc7c(c6)C(C)(C)c6ccccc6-7)c6oc7ccccc7c6c4-5)c4ccc5c(c4)C(C)(C)c4c-5c5c(c6c4C(C)(C)c4ccccc4-6)Cc4ccccc4-5)cc2C3(C)C)c(C)c1. The summed E-state index contributed by atoms with van der Waals surface area (Å²) >= 11 is 0. The maximum atomic E-state index is 7.17. The van der Waals surface area contributed by atoms with Crippen molar-refractivity contribution in [3.05, 3.63) is 302 Å². The van der Waals surface area contributed by atoms with Gasteiger partial charge in [-0.05, 0) is 250 Å². The molecule has 2 aromatic heterocycles. The molecule has 0 saturated heterocycles. The number of fused-ring (bicyclic) bond motifs is 29. The molecule has 0 aliphatic heterocycles. The van der Waals surface area contributed by atoms with Gasteiger partial charge in [0.05, 0.1) is 0 Å². The van der Waals surface area contributed by atoms with Gasteiger partial charge in [0.15, 0.2) is 0 Å². The lowest BCUT2D eigenvalue weighted by molar-refractivity contribution is 0.601. The van der Waals surface area contributed by atoms with Crippen molar-refractivity contribution in [3.8, 4) is 89.0 Å². The molecule has 21 rings (SSSR count). The quantitative estimate of drug-likeness (QED) is 0.172. The van der Waals surface area contributed by atoms with Crippen molar-refractivity contribution < 1.29 is 8.83 Å². The second kappa shape index (κ2) is 19.2. The molecule has 0 fully saturated rings. The van der Waals surface area contributed by atoms with E-state index in [9.17, 15) is 0 Å². The minimum atomic E-state index is -0.408. The van der Waals surface area contributed by atoms with Crippen LogP contribution in [0.2, 0.25) is 0 Å². The number of hydrogen-bond acceptors (Lipinski definition) is 3. The smallest absolute Gasteiger partial charge is 0.143 e. The Labute approximate surface area is 585 Å². The van der Waals surface area contributed by atoms with Crippen molar-refractivity contribution in [1.82, 2.24) is 0 Å². The average Bonchev–Trinajstić information content (AvgIpc) is 1.51. The molecule has 6 aliphatic carbocycles. The van der Waals surface area contributed by atoms with Crippen LogP contribution in [-0.4, -0.2) is 0 Å². The highest BCUT2D eigenvalue weighted by molar-refractivity contribution is 6.21. The minimum absolute atomic E-state index is 0.152. The van der Waals surface area contributed by atoms with Gasteiger partial charge in [-0.2, -0.15) is 0 Å². The first-order chi connectivity index (χ1) is 48.1. The molecule has 3 nitrogen and oxygen atoms in total. The number of nitrogens with zero attached hydrogens (tertiary/aromatic N) is 1. The first-order valence-corrected chi connectivity index (χ1v) is 36.1. The normalized spacial score (nSPS) is 16.2. The number of furan rings is 2. The van der Waals surface area contributed by atoms with Crippen molar-refractivity contribution in [2.75, 3.05) is 4.90 Å². The van der Waals surface area contributed by atoms with Crippen LogP contribution in [0.3, 0.4) is 0 Å². The molecule has 482 valence electrons. The molecule has 0 saturated carbocycles. The largest absolute Gasteiger partial charge is 0.455 e. The summed E-state index contributed by atoms with van der Waals surface area (Å²) < 4.78 is 14.3. The summed E-state index contributed by atoms with van der Waals surface area (Å²) in [7, 11) is 0. The Morgan fingerprint density at radius 3 is 1.32 bits per heavy atom. The first-order valence-electron chi connectivity index (χ1n) is 36.1. The predicted molar refractivity (Wildman–Crippen MR) is 417 cm³/mol. The number of aryl methyl sites for hydroxylation is 3. The molecule has 15 aromatic rings. The van der Waals surface area contributed by atoms with Gasteiger partial charge >= 0.3 is 0 Å². The second-order valence-corrected chi connectivity index (χ2v) is 32.8. The van der Waals surface area contributed by atoms with Gasteiger partial charge in [0.1, 0.15) is 22.3 Å². The van der Waals surface area contributed by atoms with E-state index in [1.165, 1.54) is 172 Å². The van der Waals surface area contributed by atoms with Crippen LogP contribution in [0.25, 0.3) is 133 Å². The Morgan fingerprint density at radius 1 is 0.300 bits per heavy atom. The van der Waals surface area contributed by atoms with Crippen molar-refractivity contribution in [3.63, 3.8) is 0 Å². The lowest BCUT2D eigenvalue weighted by Crippen LogP contribution is -2.24. The third-order valence-corrected chi connectivity index (χ3v) is 25.5. The van der Waals surface area contributed by atoms with Gasteiger partial charge in [-0.1, -0.05) is 226 Å². The number of hydrogen-bond donors (Lipinski definition) is 0. The molecule has 0 bridgehead atoms. The molecule has 0 atom stereocenters. The van der Waals surface area contributed by atoms with E-state index in [0.29, 0.717) is 0 Å². The first kappa shape index (κ1) is 58.2. The standard InChI is InChI=1S/C97H77NO2/c1-51-42-52(2)81(53(3)43-51)70-50-78-85(88-67-29-19-23-33-80(67)100-92(70)88)64-40-36-57(47-75(64)95(78,8)9)98(58-37-41-65-76(48-58)97(12,13)90-86(65)82-59-25-15-14-24-54(59)44-69(82)83-62-27-17-21-31-72(62)96(10,11)89(83)90)56-35-39-63-74(46-56)94(6,7)77-49-68(91-87(84(63)77)66-28-18-22-32-79(66)99-91)55-34-38-61-60-26-16-20-30-71(60)93(4,5)73(61)45-55/h14-43,45-50H,44H2,1-13H3. The van der Waals surface area contributed by atoms with Crippen LogP contribution in [0, 0.1) is 20.8 Å². The number of rotatable bonds is 5. The maximum absolute atomic E-state index is 7.17. The van der Waals surface area contributed by atoms with Gasteiger partial charge in [0, 0.05) is 76.8 Å². The zero-order valence-electron chi connectivity index (χ0n) is 59.3. The zero-order chi connectivity index (χ0) is 67.9. The zero-order valence-corrected chi connectivity index (χ0v) is 59.3. The molecule has 13 aromatic carbocycles. The summed E-state index contributed by atoms with van der Waals surface area (Å²) in [4.78, 5) is 2.61. The van der Waals surface area contributed by atoms with Crippen molar-refractivity contribution in [2.45, 2.75) is 124 Å². The van der Waals surface area contributed by atoms with Crippen molar-refractivity contribution >= 4 is 60.9 Å². The number of benzene rings is 13. The molecule has 0 radical (unpaired) electrons. The van der Waals surface area contributed by atoms with Gasteiger partial charge < -0.3 is 13.7 Å². The Bertz CT molecular complexity index is 6290. The molecule has 100 heavy (non-hydrogen) atoms. The molecule has 0 spiro atoms. The van der Waals surface area contributed by atoms with Crippen LogP contribution in [0.4, 0.5) is 17.1 Å². The van der Waals surface area contributed by atoms with Crippen LogP contribution < -0.4 is 4.90 Å².